The van der Waals surface area contributed by atoms with Gasteiger partial charge in [-0.15, -0.1) is 0 Å². The molecule has 3 rings (SSSR count). The van der Waals surface area contributed by atoms with E-state index < -0.39 is 36.7 Å². The van der Waals surface area contributed by atoms with Gasteiger partial charge in [0.25, 0.3) is 0 Å². The molecule has 0 saturated carbocycles. The van der Waals surface area contributed by atoms with Gasteiger partial charge in [-0.25, -0.2) is 0 Å². The van der Waals surface area contributed by atoms with E-state index in [1.54, 1.807) is 12.1 Å². The van der Waals surface area contributed by atoms with E-state index in [1.165, 1.54) is 6.20 Å². The first kappa shape index (κ1) is 17.5. The Balaban J connectivity index is 1.93. The first-order chi connectivity index (χ1) is 11.3. The molecule has 1 aromatic carbocycles. The van der Waals surface area contributed by atoms with Crippen LogP contribution in [0.15, 0.2) is 22.8 Å². The van der Waals surface area contributed by atoms with Crippen molar-refractivity contribution in [2.75, 3.05) is 0 Å². The zero-order chi connectivity index (χ0) is 17.6. The third-order valence-corrected chi connectivity index (χ3v) is 5.03. The van der Waals surface area contributed by atoms with E-state index in [2.05, 4.69) is 20.9 Å². The van der Waals surface area contributed by atoms with Gasteiger partial charge in [0, 0.05) is 10.7 Å². The number of carbonyl (C=O) groups excluding carboxylic acids is 1. The highest BCUT2D eigenvalue weighted by molar-refractivity contribution is 9.10. The molecule has 130 valence electrons. The molecule has 10 heteroatoms. The van der Waals surface area contributed by atoms with Gasteiger partial charge in [0.15, 0.2) is 0 Å². The summed E-state index contributed by atoms with van der Waals surface area (Å²) in [5, 5.41) is 41.2. The molecule has 0 radical (unpaired) electrons. The first-order valence-corrected chi connectivity index (χ1v) is 8.00. The number of hydrogen-bond acceptors (Lipinski definition) is 7. The van der Waals surface area contributed by atoms with Gasteiger partial charge in [-0.3, -0.25) is 0 Å². The molecule has 1 aliphatic heterocycles. The number of carboxylic acids is 1. The number of fused-ring (bicyclic) bond motifs is 1. The zero-order valence-electron chi connectivity index (χ0n) is 11.8. The number of aliphatic carboxylic acids is 1. The minimum Gasteiger partial charge on any atom is -0.547 e. The summed E-state index contributed by atoms with van der Waals surface area (Å²) in [5.41, 5.74) is 0.639. The number of aromatic amines is 1. The first-order valence-electron chi connectivity index (χ1n) is 6.83. The lowest BCUT2D eigenvalue weighted by atomic mass is 9.99. The summed E-state index contributed by atoms with van der Waals surface area (Å²) in [6.45, 7) is 0. The fourth-order valence-electron chi connectivity index (χ4n) is 2.49. The van der Waals surface area contributed by atoms with Gasteiger partial charge in [0.05, 0.1) is 21.9 Å². The number of hydrogen-bond donors (Lipinski definition) is 4. The predicted molar refractivity (Wildman–Crippen MR) is 83.3 cm³/mol. The maximum atomic E-state index is 11.0. The summed E-state index contributed by atoms with van der Waals surface area (Å²) in [5.74, 6) is -1.55. The summed E-state index contributed by atoms with van der Waals surface area (Å²) in [6, 6.07) is 3.46. The van der Waals surface area contributed by atoms with Crippen LogP contribution < -0.4 is 9.84 Å². The standard InChI is InChI=1S/C14H13BrClNO7/c15-4-1-2-5-7(8(4)16)6(3-17-5)23-14-11(20)9(18)10(19)12(24-14)13(21)22/h1-3,9-12,14,17-20H,(H,21,22)/p-1/t9-,10-,11+,12-,14?/m0/s1. The summed E-state index contributed by atoms with van der Waals surface area (Å²) in [6.07, 6.45) is -7.23. The molecule has 0 amide bonds. The summed E-state index contributed by atoms with van der Waals surface area (Å²) in [4.78, 5) is 13.9. The number of aliphatic hydroxyl groups is 3. The minimum absolute atomic E-state index is 0.182. The Labute approximate surface area is 148 Å². The molecule has 5 atom stereocenters. The number of H-pyrrole nitrogens is 1. The Morgan fingerprint density at radius 3 is 2.67 bits per heavy atom. The highest BCUT2D eigenvalue weighted by Crippen LogP contribution is 2.38. The molecule has 2 aromatic rings. The van der Waals surface area contributed by atoms with Gasteiger partial charge < -0.3 is 39.7 Å². The van der Waals surface area contributed by atoms with Crippen molar-refractivity contribution in [3.8, 4) is 5.75 Å². The molecule has 0 bridgehead atoms. The second kappa shape index (κ2) is 6.51. The summed E-state index contributed by atoms with van der Waals surface area (Å²) < 4.78 is 11.1. The monoisotopic (exact) mass is 420 g/mol. The van der Waals surface area contributed by atoms with E-state index >= 15 is 0 Å². The van der Waals surface area contributed by atoms with Crippen LogP contribution in [0.5, 0.6) is 5.75 Å². The van der Waals surface area contributed by atoms with Gasteiger partial charge in [-0.05, 0) is 28.1 Å². The molecule has 0 aliphatic carbocycles. The Morgan fingerprint density at radius 2 is 2.00 bits per heavy atom. The number of aromatic nitrogens is 1. The fraction of sp³-hybridized carbons (Fsp3) is 0.357. The molecule has 24 heavy (non-hydrogen) atoms. The molecular weight excluding hydrogens is 410 g/mol. The van der Waals surface area contributed by atoms with E-state index in [0.29, 0.717) is 20.4 Å². The number of carbonyl (C=O) groups is 1. The van der Waals surface area contributed by atoms with Gasteiger partial charge in [-0.1, -0.05) is 11.6 Å². The Morgan fingerprint density at radius 1 is 1.29 bits per heavy atom. The number of benzene rings is 1. The van der Waals surface area contributed by atoms with Crippen LogP contribution in [0.4, 0.5) is 0 Å². The van der Waals surface area contributed by atoms with Gasteiger partial charge in [0.1, 0.15) is 30.2 Å². The topological polar surface area (TPSA) is 135 Å². The Kier molecular flexibility index (Phi) is 4.73. The van der Waals surface area contributed by atoms with Gasteiger partial charge >= 0.3 is 0 Å². The largest absolute Gasteiger partial charge is 0.547 e. The van der Waals surface area contributed by atoms with E-state index in [4.69, 9.17) is 21.1 Å². The third-order valence-electron chi connectivity index (χ3n) is 3.75. The van der Waals surface area contributed by atoms with E-state index in [1.807, 2.05) is 0 Å². The smallest absolute Gasteiger partial charge is 0.229 e. The number of halogens is 2. The van der Waals surface area contributed by atoms with Crippen LogP contribution in [0, 0.1) is 0 Å². The van der Waals surface area contributed by atoms with Crippen molar-refractivity contribution in [3.05, 3.63) is 27.8 Å². The van der Waals surface area contributed by atoms with E-state index in [0.717, 1.165) is 0 Å². The average Bonchev–Trinajstić information content (AvgIpc) is 2.94. The molecule has 1 aliphatic rings. The molecule has 1 fully saturated rings. The van der Waals surface area contributed by atoms with Gasteiger partial charge in [0.2, 0.25) is 6.29 Å². The number of carboxylic acid groups (broad SMARTS) is 1. The van der Waals surface area contributed by atoms with Crippen molar-refractivity contribution in [1.29, 1.82) is 0 Å². The summed E-state index contributed by atoms with van der Waals surface area (Å²) >= 11 is 9.49. The molecular formula is C14H12BrClNO7-. The zero-order valence-corrected chi connectivity index (χ0v) is 14.2. The summed E-state index contributed by atoms with van der Waals surface area (Å²) in [7, 11) is 0. The van der Waals surface area contributed by atoms with Crippen molar-refractivity contribution in [3.63, 3.8) is 0 Å². The van der Waals surface area contributed by atoms with Crippen molar-refractivity contribution < 1.29 is 34.7 Å². The second-order valence-corrected chi connectivity index (χ2v) is 6.50. The fourth-order valence-corrected chi connectivity index (χ4v) is 3.07. The molecule has 0 spiro atoms. The normalized spacial score (nSPS) is 30.5. The van der Waals surface area contributed by atoms with Crippen LogP contribution in [0.1, 0.15) is 0 Å². The van der Waals surface area contributed by atoms with Crippen molar-refractivity contribution in [2.24, 2.45) is 0 Å². The quantitative estimate of drug-likeness (QED) is 0.526. The van der Waals surface area contributed by atoms with E-state index in [9.17, 15) is 25.2 Å². The SMILES string of the molecule is O=C([O-])[C@H]1OC(Oc2c[nH]c3ccc(Br)c(Cl)c23)[C@H](O)[C@@H](O)[C@@H]1O. The Bertz CT molecular complexity index is 782. The number of aliphatic hydroxyl groups excluding tert-OH is 3. The lowest BCUT2D eigenvalue weighted by molar-refractivity contribution is -0.342. The van der Waals surface area contributed by atoms with Crippen molar-refractivity contribution in [1.82, 2.24) is 4.98 Å². The number of nitrogens with one attached hydrogen (secondary N) is 1. The van der Waals surface area contributed by atoms with Crippen LogP contribution in [0.3, 0.4) is 0 Å². The highest BCUT2D eigenvalue weighted by Gasteiger charge is 2.45. The number of ether oxygens (including phenoxy) is 2. The van der Waals surface area contributed by atoms with Crippen molar-refractivity contribution >= 4 is 44.4 Å². The van der Waals surface area contributed by atoms with Crippen LogP contribution in [-0.2, 0) is 9.53 Å². The Hall–Kier alpha value is -1.36. The van der Waals surface area contributed by atoms with Crippen LogP contribution >= 0.6 is 27.5 Å². The molecule has 1 aromatic heterocycles. The number of rotatable bonds is 3. The third kappa shape index (κ3) is 2.87. The lowest BCUT2D eigenvalue weighted by Gasteiger charge is -2.40. The van der Waals surface area contributed by atoms with Crippen LogP contribution in [0.2, 0.25) is 5.02 Å². The lowest BCUT2D eigenvalue weighted by Crippen LogP contribution is -2.63. The van der Waals surface area contributed by atoms with Crippen molar-refractivity contribution in [2.45, 2.75) is 30.7 Å². The molecule has 1 saturated heterocycles. The molecule has 1 unspecified atom stereocenters. The minimum atomic E-state index is -1.85. The maximum Gasteiger partial charge on any atom is 0.229 e. The maximum absolute atomic E-state index is 11.0. The van der Waals surface area contributed by atoms with E-state index in [-0.39, 0.29) is 5.75 Å². The van der Waals surface area contributed by atoms with Crippen LogP contribution in [-0.4, -0.2) is 57.0 Å². The second-order valence-electron chi connectivity index (χ2n) is 5.27. The van der Waals surface area contributed by atoms with Crippen LogP contribution in [0.25, 0.3) is 10.9 Å². The molecule has 4 N–H and O–H groups in total. The highest BCUT2D eigenvalue weighted by atomic mass is 79.9. The molecule has 2 heterocycles. The molecule has 8 nitrogen and oxygen atoms in total. The van der Waals surface area contributed by atoms with Gasteiger partial charge in [-0.2, -0.15) is 0 Å². The average molecular weight is 422 g/mol. The predicted octanol–water partition coefficient (Wildman–Crippen LogP) is -0.480.